The Morgan fingerprint density at radius 1 is 1.00 bits per heavy atom. The van der Waals surface area contributed by atoms with Crippen LogP contribution in [-0.4, -0.2) is 10.2 Å². The van der Waals surface area contributed by atoms with Crippen LogP contribution in [0.4, 0.5) is 17.6 Å². The molecule has 0 bridgehead atoms. The van der Waals surface area contributed by atoms with E-state index in [0.717, 1.165) is 6.92 Å². The maximum absolute atomic E-state index is 13.4. The first-order valence-electron chi connectivity index (χ1n) is 4.36. The molecule has 0 fully saturated rings. The molecule has 0 spiro atoms. The number of hydrogen-bond donors (Lipinski definition) is 1. The molecule has 1 heterocycles. The summed E-state index contributed by atoms with van der Waals surface area (Å²) in [6.07, 6.45) is 1.23. The summed E-state index contributed by atoms with van der Waals surface area (Å²) < 4.78 is 53.3. The minimum Gasteiger partial charge on any atom is -0.278 e. The molecule has 16 heavy (non-hydrogen) atoms. The molecule has 6 heteroatoms. The topological polar surface area (TPSA) is 28.7 Å². The van der Waals surface area contributed by atoms with Gasteiger partial charge in [-0.2, -0.15) is 5.10 Å². The zero-order valence-corrected chi connectivity index (χ0v) is 8.11. The smallest absolute Gasteiger partial charge is 0.171 e. The van der Waals surface area contributed by atoms with E-state index in [1.807, 2.05) is 0 Å². The van der Waals surface area contributed by atoms with Crippen molar-refractivity contribution in [3.63, 3.8) is 0 Å². The molecule has 1 aromatic heterocycles. The number of benzene rings is 1. The number of halogens is 4. The standard InChI is InChI=1S/C10H6F4N2/c1-4-7(11)9(13)6(10(14)8(4)12)5-2-3-15-16-5/h2-3H,1H3,(H,15,16). The van der Waals surface area contributed by atoms with Crippen LogP contribution in [0.1, 0.15) is 5.56 Å². The second kappa shape index (κ2) is 3.62. The van der Waals surface area contributed by atoms with Crippen molar-refractivity contribution in [1.82, 2.24) is 10.2 Å². The molecular formula is C10H6F4N2. The van der Waals surface area contributed by atoms with Gasteiger partial charge in [-0.1, -0.05) is 0 Å². The highest BCUT2D eigenvalue weighted by Gasteiger charge is 2.24. The van der Waals surface area contributed by atoms with E-state index in [-0.39, 0.29) is 5.69 Å². The molecule has 0 aliphatic heterocycles. The molecular weight excluding hydrogens is 224 g/mol. The van der Waals surface area contributed by atoms with Crippen LogP contribution in [-0.2, 0) is 0 Å². The van der Waals surface area contributed by atoms with Gasteiger partial charge in [0.05, 0.1) is 11.3 Å². The molecule has 1 N–H and O–H groups in total. The lowest BCUT2D eigenvalue weighted by Gasteiger charge is -2.07. The predicted octanol–water partition coefficient (Wildman–Crippen LogP) is 2.94. The molecule has 84 valence electrons. The lowest BCUT2D eigenvalue weighted by atomic mass is 10.1. The monoisotopic (exact) mass is 230 g/mol. The Morgan fingerprint density at radius 3 is 2.00 bits per heavy atom. The number of nitrogens with one attached hydrogen (secondary N) is 1. The van der Waals surface area contributed by atoms with Gasteiger partial charge in [-0.05, 0) is 13.0 Å². The van der Waals surface area contributed by atoms with Crippen LogP contribution >= 0.6 is 0 Å². The zero-order valence-electron chi connectivity index (χ0n) is 8.11. The van der Waals surface area contributed by atoms with Gasteiger partial charge in [-0.15, -0.1) is 0 Å². The van der Waals surface area contributed by atoms with Crippen molar-refractivity contribution in [2.45, 2.75) is 6.92 Å². The van der Waals surface area contributed by atoms with Crippen LogP contribution < -0.4 is 0 Å². The summed E-state index contributed by atoms with van der Waals surface area (Å²) in [7, 11) is 0. The van der Waals surface area contributed by atoms with Crippen LogP contribution in [0.5, 0.6) is 0 Å². The fourth-order valence-corrected chi connectivity index (χ4v) is 1.37. The van der Waals surface area contributed by atoms with Crippen molar-refractivity contribution in [2.75, 3.05) is 0 Å². The first-order chi connectivity index (χ1) is 7.54. The molecule has 0 amide bonds. The molecule has 0 saturated heterocycles. The number of H-pyrrole nitrogens is 1. The van der Waals surface area contributed by atoms with Gasteiger partial charge < -0.3 is 0 Å². The molecule has 0 unspecified atom stereocenters. The lowest BCUT2D eigenvalue weighted by molar-refractivity contribution is 0.449. The van der Waals surface area contributed by atoms with Gasteiger partial charge in [-0.3, -0.25) is 5.10 Å². The average Bonchev–Trinajstić information content (AvgIpc) is 2.77. The van der Waals surface area contributed by atoms with E-state index < -0.39 is 34.4 Å². The zero-order chi connectivity index (χ0) is 11.9. The van der Waals surface area contributed by atoms with Crippen molar-refractivity contribution in [2.24, 2.45) is 0 Å². The molecule has 0 aliphatic rings. The minimum absolute atomic E-state index is 0.118. The van der Waals surface area contributed by atoms with Gasteiger partial charge in [-0.25, -0.2) is 17.6 Å². The summed E-state index contributed by atoms with van der Waals surface area (Å²) in [5.74, 6) is -5.66. The van der Waals surface area contributed by atoms with Crippen molar-refractivity contribution >= 4 is 0 Å². The van der Waals surface area contributed by atoms with Crippen molar-refractivity contribution in [1.29, 1.82) is 0 Å². The SMILES string of the molecule is Cc1c(F)c(F)c(-c2ccn[nH]2)c(F)c1F. The first kappa shape index (κ1) is 10.7. The summed E-state index contributed by atoms with van der Waals surface area (Å²) in [6.45, 7) is 0.966. The Balaban J connectivity index is 2.81. The highest BCUT2D eigenvalue weighted by atomic mass is 19.2. The van der Waals surface area contributed by atoms with Gasteiger partial charge in [0.25, 0.3) is 0 Å². The maximum atomic E-state index is 13.4. The van der Waals surface area contributed by atoms with E-state index in [2.05, 4.69) is 10.2 Å². The van der Waals surface area contributed by atoms with E-state index in [9.17, 15) is 17.6 Å². The largest absolute Gasteiger partial charge is 0.278 e. The average molecular weight is 230 g/mol. The second-order valence-electron chi connectivity index (χ2n) is 3.23. The van der Waals surface area contributed by atoms with Crippen LogP contribution in [0.3, 0.4) is 0 Å². The first-order valence-corrected chi connectivity index (χ1v) is 4.36. The Labute approximate surface area is 87.9 Å². The molecule has 0 atom stereocenters. The summed E-state index contributed by atoms with van der Waals surface area (Å²) in [4.78, 5) is 0. The van der Waals surface area contributed by atoms with Crippen LogP contribution in [0.15, 0.2) is 12.3 Å². The van der Waals surface area contributed by atoms with Gasteiger partial charge >= 0.3 is 0 Å². The van der Waals surface area contributed by atoms with Crippen molar-refractivity contribution in [3.05, 3.63) is 41.1 Å². The lowest BCUT2D eigenvalue weighted by Crippen LogP contribution is -2.03. The third kappa shape index (κ3) is 1.37. The van der Waals surface area contributed by atoms with Gasteiger partial charge in [0, 0.05) is 11.8 Å². The van der Waals surface area contributed by atoms with Crippen LogP contribution in [0.25, 0.3) is 11.3 Å². The van der Waals surface area contributed by atoms with Gasteiger partial charge in [0.2, 0.25) is 0 Å². The molecule has 2 aromatic rings. The summed E-state index contributed by atoms with van der Waals surface area (Å²) in [5.41, 5.74) is -1.58. The Kier molecular flexibility index (Phi) is 2.41. The number of rotatable bonds is 1. The normalized spacial score (nSPS) is 10.8. The molecule has 0 radical (unpaired) electrons. The third-order valence-electron chi connectivity index (χ3n) is 2.25. The number of nitrogens with zero attached hydrogens (tertiary/aromatic N) is 1. The Bertz CT molecular complexity index is 505. The quantitative estimate of drug-likeness (QED) is 0.592. The number of aromatic amines is 1. The van der Waals surface area contributed by atoms with Crippen molar-refractivity contribution < 1.29 is 17.6 Å². The van der Waals surface area contributed by atoms with E-state index in [1.165, 1.54) is 12.3 Å². The molecule has 0 aliphatic carbocycles. The predicted molar refractivity (Wildman–Crippen MR) is 48.6 cm³/mol. The highest BCUT2D eigenvalue weighted by Crippen LogP contribution is 2.30. The molecule has 1 aromatic carbocycles. The van der Waals surface area contributed by atoms with E-state index in [4.69, 9.17) is 0 Å². The fraction of sp³-hybridized carbons (Fsp3) is 0.100. The Morgan fingerprint density at radius 2 is 1.56 bits per heavy atom. The summed E-state index contributed by atoms with van der Waals surface area (Å²) in [5, 5.41) is 5.70. The summed E-state index contributed by atoms with van der Waals surface area (Å²) >= 11 is 0. The summed E-state index contributed by atoms with van der Waals surface area (Å²) in [6, 6.07) is 1.22. The minimum atomic E-state index is -1.43. The number of aromatic nitrogens is 2. The fourth-order valence-electron chi connectivity index (χ4n) is 1.37. The molecule has 2 rings (SSSR count). The number of hydrogen-bond acceptors (Lipinski definition) is 1. The van der Waals surface area contributed by atoms with E-state index in [0.29, 0.717) is 0 Å². The maximum Gasteiger partial charge on any atom is 0.171 e. The molecule has 0 saturated carbocycles. The van der Waals surface area contributed by atoms with E-state index >= 15 is 0 Å². The van der Waals surface area contributed by atoms with Crippen molar-refractivity contribution in [3.8, 4) is 11.3 Å². The molecule has 2 nitrogen and oxygen atoms in total. The van der Waals surface area contributed by atoms with Gasteiger partial charge in [0.15, 0.2) is 23.3 Å². The van der Waals surface area contributed by atoms with Crippen LogP contribution in [0, 0.1) is 30.2 Å². The van der Waals surface area contributed by atoms with E-state index in [1.54, 1.807) is 0 Å². The second-order valence-corrected chi connectivity index (χ2v) is 3.23. The Hall–Kier alpha value is -1.85. The highest BCUT2D eigenvalue weighted by molar-refractivity contribution is 5.61. The van der Waals surface area contributed by atoms with Crippen LogP contribution in [0.2, 0.25) is 0 Å². The third-order valence-corrected chi connectivity index (χ3v) is 2.25. The van der Waals surface area contributed by atoms with Gasteiger partial charge in [0.1, 0.15) is 0 Å².